The lowest BCUT2D eigenvalue weighted by Crippen LogP contribution is -2.47. The predicted octanol–water partition coefficient (Wildman–Crippen LogP) is 2.56. The van der Waals surface area contributed by atoms with E-state index in [9.17, 15) is 0 Å². The quantitative estimate of drug-likeness (QED) is 0.818. The summed E-state index contributed by atoms with van der Waals surface area (Å²) in [6.07, 6.45) is 5.02. The number of hydrogen-bond acceptors (Lipinski definition) is 5. The molecule has 2 rings (SSSR count). The summed E-state index contributed by atoms with van der Waals surface area (Å²) < 4.78 is 5.05. The van der Waals surface area contributed by atoms with Crippen LogP contribution in [0.2, 0.25) is 5.15 Å². The van der Waals surface area contributed by atoms with E-state index < -0.39 is 0 Å². The summed E-state index contributed by atoms with van der Waals surface area (Å²) in [5.74, 6) is 1.37. The first-order chi connectivity index (χ1) is 9.55. The number of methoxy groups -OCH3 is 1. The smallest absolute Gasteiger partial charge is 0.158 e. The molecule has 0 radical (unpaired) electrons. The second kappa shape index (κ2) is 6.70. The van der Waals surface area contributed by atoms with Crippen molar-refractivity contribution in [3.05, 3.63) is 17.0 Å². The molecule has 0 saturated heterocycles. The fourth-order valence-electron chi connectivity index (χ4n) is 2.82. The molecule has 0 aromatic carbocycles. The van der Waals surface area contributed by atoms with Gasteiger partial charge >= 0.3 is 0 Å². The number of likely N-dealkylation sites (N-methyl/N-ethyl adjacent to an activating group) is 1. The molecule has 1 heterocycles. The molecule has 6 heteroatoms. The normalized spacial score (nSPS) is 17.6. The number of aromatic nitrogens is 2. The summed E-state index contributed by atoms with van der Waals surface area (Å²) in [5, 5.41) is 3.86. The van der Waals surface area contributed by atoms with E-state index in [2.05, 4.69) is 34.3 Å². The van der Waals surface area contributed by atoms with Gasteiger partial charge in [-0.25, -0.2) is 9.97 Å². The van der Waals surface area contributed by atoms with Crippen molar-refractivity contribution in [1.82, 2.24) is 14.9 Å². The van der Waals surface area contributed by atoms with Gasteiger partial charge in [-0.2, -0.15) is 0 Å². The number of nitrogens with one attached hydrogen (secondary N) is 1. The summed E-state index contributed by atoms with van der Waals surface area (Å²) in [6, 6.07) is 1.76. The fraction of sp³-hybridized carbons (Fsp3) is 0.714. The Morgan fingerprint density at radius 2 is 2.05 bits per heavy atom. The largest absolute Gasteiger partial charge is 0.377 e. The van der Waals surface area contributed by atoms with E-state index >= 15 is 0 Å². The SMILES string of the molecule is COCc1nc(Cl)cc(NCC2(N(C)C)CCCC2)n1. The summed E-state index contributed by atoms with van der Waals surface area (Å²) in [6.45, 7) is 1.24. The Labute approximate surface area is 125 Å². The molecule has 0 atom stereocenters. The molecule has 20 heavy (non-hydrogen) atoms. The van der Waals surface area contributed by atoms with Crippen molar-refractivity contribution >= 4 is 17.4 Å². The third kappa shape index (κ3) is 3.59. The molecule has 0 unspecified atom stereocenters. The lowest BCUT2D eigenvalue weighted by Gasteiger charge is -2.36. The monoisotopic (exact) mass is 298 g/mol. The molecular weight excluding hydrogens is 276 g/mol. The van der Waals surface area contributed by atoms with Crippen LogP contribution in [0.5, 0.6) is 0 Å². The van der Waals surface area contributed by atoms with Gasteiger partial charge in [-0.3, -0.25) is 0 Å². The van der Waals surface area contributed by atoms with E-state index in [1.807, 2.05) is 0 Å². The topological polar surface area (TPSA) is 50.3 Å². The molecule has 1 aliphatic rings. The van der Waals surface area contributed by atoms with Gasteiger partial charge in [-0.15, -0.1) is 0 Å². The van der Waals surface area contributed by atoms with Crippen LogP contribution in [-0.4, -0.2) is 48.2 Å². The summed E-state index contributed by atoms with van der Waals surface area (Å²) in [5.41, 5.74) is 0.221. The van der Waals surface area contributed by atoms with Crippen LogP contribution in [0, 0.1) is 0 Å². The lowest BCUT2D eigenvalue weighted by molar-refractivity contribution is 0.171. The van der Waals surface area contributed by atoms with Gasteiger partial charge in [0.05, 0.1) is 0 Å². The number of nitrogens with zero attached hydrogens (tertiary/aromatic N) is 3. The van der Waals surface area contributed by atoms with Crippen molar-refractivity contribution in [2.45, 2.75) is 37.8 Å². The average molecular weight is 299 g/mol. The highest BCUT2D eigenvalue weighted by Crippen LogP contribution is 2.33. The third-order valence-electron chi connectivity index (χ3n) is 4.10. The predicted molar refractivity (Wildman–Crippen MR) is 81.1 cm³/mol. The Morgan fingerprint density at radius 1 is 1.35 bits per heavy atom. The first kappa shape index (κ1) is 15.5. The second-order valence-corrected chi connectivity index (χ2v) is 5.99. The van der Waals surface area contributed by atoms with Crippen molar-refractivity contribution < 1.29 is 4.74 Å². The van der Waals surface area contributed by atoms with Crippen molar-refractivity contribution in [2.75, 3.05) is 33.1 Å². The standard InChI is InChI=1S/C14H23ClN4O/c1-19(2)14(6-4-5-7-14)10-16-12-8-11(15)17-13(18-12)9-20-3/h8H,4-7,9-10H2,1-3H3,(H,16,17,18). The fourth-order valence-corrected chi connectivity index (χ4v) is 3.02. The van der Waals surface area contributed by atoms with Crippen LogP contribution < -0.4 is 5.32 Å². The van der Waals surface area contributed by atoms with Gasteiger partial charge in [0, 0.05) is 25.3 Å². The van der Waals surface area contributed by atoms with Gasteiger partial charge in [-0.05, 0) is 26.9 Å². The van der Waals surface area contributed by atoms with E-state index in [0.29, 0.717) is 17.6 Å². The molecule has 0 spiro atoms. The minimum absolute atomic E-state index is 0.221. The maximum absolute atomic E-state index is 6.02. The number of anilines is 1. The lowest BCUT2D eigenvalue weighted by atomic mass is 9.96. The van der Waals surface area contributed by atoms with Crippen LogP contribution in [-0.2, 0) is 11.3 Å². The maximum Gasteiger partial charge on any atom is 0.158 e. The molecule has 0 amide bonds. The average Bonchev–Trinajstić information content (AvgIpc) is 2.86. The zero-order chi connectivity index (χ0) is 14.6. The van der Waals surface area contributed by atoms with E-state index in [-0.39, 0.29) is 5.54 Å². The number of hydrogen-bond donors (Lipinski definition) is 1. The molecule has 1 fully saturated rings. The Bertz CT molecular complexity index is 447. The highest BCUT2D eigenvalue weighted by atomic mass is 35.5. The Balaban J connectivity index is 2.06. The Hall–Kier alpha value is -0.910. The van der Waals surface area contributed by atoms with Crippen LogP contribution in [0.1, 0.15) is 31.5 Å². The first-order valence-corrected chi connectivity index (χ1v) is 7.37. The highest BCUT2D eigenvalue weighted by Gasteiger charge is 2.35. The summed E-state index contributed by atoms with van der Waals surface area (Å²) >= 11 is 6.02. The van der Waals surface area contributed by atoms with Crippen molar-refractivity contribution in [3.63, 3.8) is 0 Å². The van der Waals surface area contributed by atoms with E-state index in [1.165, 1.54) is 25.7 Å². The van der Waals surface area contributed by atoms with Crippen LogP contribution in [0.25, 0.3) is 0 Å². The van der Waals surface area contributed by atoms with E-state index in [4.69, 9.17) is 16.3 Å². The third-order valence-corrected chi connectivity index (χ3v) is 4.29. The van der Waals surface area contributed by atoms with Crippen LogP contribution in [0.15, 0.2) is 6.07 Å². The minimum Gasteiger partial charge on any atom is -0.377 e. The van der Waals surface area contributed by atoms with Gasteiger partial charge in [0.2, 0.25) is 0 Å². The van der Waals surface area contributed by atoms with E-state index in [0.717, 1.165) is 12.4 Å². The van der Waals surface area contributed by atoms with Gasteiger partial charge < -0.3 is 15.0 Å². The maximum atomic E-state index is 6.02. The molecule has 5 nitrogen and oxygen atoms in total. The van der Waals surface area contributed by atoms with Gasteiger partial charge in [0.1, 0.15) is 17.6 Å². The highest BCUT2D eigenvalue weighted by molar-refractivity contribution is 6.29. The van der Waals surface area contributed by atoms with Crippen LogP contribution in [0.4, 0.5) is 5.82 Å². The molecule has 0 aliphatic heterocycles. The Kier molecular flexibility index (Phi) is 5.18. The Morgan fingerprint density at radius 3 is 2.65 bits per heavy atom. The van der Waals surface area contributed by atoms with E-state index in [1.54, 1.807) is 13.2 Å². The molecular formula is C14H23ClN4O. The second-order valence-electron chi connectivity index (χ2n) is 5.60. The molecule has 1 saturated carbocycles. The molecule has 112 valence electrons. The van der Waals surface area contributed by atoms with Gasteiger partial charge in [0.25, 0.3) is 0 Å². The molecule has 1 aromatic heterocycles. The molecule has 1 aromatic rings. The molecule has 1 N–H and O–H groups in total. The number of ether oxygens (including phenoxy) is 1. The number of halogens is 1. The van der Waals surface area contributed by atoms with Crippen molar-refractivity contribution in [3.8, 4) is 0 Å². The van der Waals surface area contributed by atoms with Crippen molar-refractivity contribution in [2.24, 2.45) is 0 Å². The van der Waals surface area contributed by atoms with Gasteiger partial charge in [0.15, 0.2) is 5.82 Å². The van der Waals surface area contributed by atoms with Crippen LogP contribution >= 0.6 is 11.6 Å². The zero-order valence-electron chi connectivity index (χ0n) is 12.4. The molecule has 1 aliphatic carbocycles. The minimum atomic E-state index is 0.221. The molecule has 0 bridgehead atoms. The summed E-state index contributed by atoms with van der Waals surface area (Å²) in [4.78, 5) is 10.9. The first-order valence-electron chi connectivity index (χ1n) is 6.99. The zero-order valence-corrected chi connectivity index (χ0v) is 13.2. The van der Waals surface area contributed by atoms with Gasteiger partial charge in [-0.1, -0.05) is 24.4 Å². The number of rotatable bonds is 6. The van der Waals surface area contributed by atoms with Crippen LogP contribution in [0.3, 0.4) is 0 Å². The van der Waals surface area contributed by atoms with Crippen molar-refractivity contribution in [1.29, 1.82) is 0 Å². The summed E-state index contributed by atoms with van der Waals surface area (Å²) in [7, 11) is 5.92.